The van der Waals surface area contributed by atoms with Crippen molar-refractivity contribution in [3.63, 3.8) is 0 Å². The second-order valence-corrected chi connectivity index (χ2v) is 8.28. The van der Waals surface area contributed by atoms with Crippen LogP contribution in [0.4, 0.5) is 14.7 Å². The van der Waals surface area contributed by atoms with Crippen LogP contribution in [0.3, 0.4) is 0 Å². The maximum atomic E-state index is 13.5. The number of ether oxygens (including phenoxy) is 1. The second kappa shape index (κ2) is 7.94. The molecule has 30 heavy (non-hydrogen) atoms. The Hall–Kier alpha value is -2.55. The molecular formula is C21H25F2N5O2. The van der Waals surface area contributed by atoms with Gasteiger partial charge in [-0.15, -0.1) is 0 Å². The molecule has 3 atom stereocenters. The Morgan fingerprint density at radius 2 is 2.03 bits per heavy atom. The maximum Gasteiger partial charge on any atom is 0.260 e. The van der Waals surface area contributed by atoms with E-state index in [1.807, 2.05) is 23.1 Å². The van der Waals surface area contributed by atoms with Gasteiger partial charge in [0.1, 0.15) is 12.4 Å². The van der Waals surface area contributed by atoms with E-state index < -0.39 is 18.6 Å². The Bertz CT molecular complexity index is 912. The van der Waals surface area contributed by atoms with E-state index in [0.29, 0.717) is 32.1 Å². The van der Waals surface area contributed by atoms with Crippen molar-refractivity contribution in [3.05, 3.63) is 41.7 Å². The molecule has 0 bridgehead atoms. The number of nitrogens with one attached hydrogen (secondary N) is 1. The summed E-state index contributed by atoms with van der Waals surface area (Å²) in [6, 6.07) is 6.90. The number of benzene rings is 1. The zero-order valence-corrected chi connectivity index (χ0v) is 16.6. The van der Waals surface area contributed by atoms with Crippen molar-refractivity contribution in [3.8, 4) is 0 Å². The standard InChI is InChI=1S/C21H25F2N5O2/c22-19(23)17-11-16(26-21-24-12-25-28(17)21)14-5-8-27(9-6-14)20(29)18-15-4-2-1-3-13(15)7-10-30-18/h1-4,12,14,16-19H,5-11H2,(H,24,25,26)/t16-,17+,18?/m0/s1. The van der Waals surface area contributed by atoms with Crippen LogP contribution in [-0.2, 0) is 16.0 Å². The molecule has 0 aliphatic carbocycles. The summed E-state index contributed by atoms with van der Waals surface area (Å²) in [6.07, 6.45) is 0.950. The van der Waals surface area contributed by atoms with Crippen LogP contribution in [0.2, 0.25) is 0 Å². The molecule has 7 nitrogen and oxygen atoms in total. The van der Waals surface area contributed by atoms with Gasteiger partial charge in [-0.3, -0.25) is 4.79 Å². The van der Waals surface area contributed by atoms with Crippen LogP contribution >= 0.6 is 0 Å². The number of nitrogens with zero attached hydrogens (tertiary/aromatic N) is 4. The fourth-order valence-corrected chi connectivity index (χ4v) is 4.99. The van der Waals surface area contributed by atoms with Crippen molar-refractivity contribution < 1.29 is 18.3 Å². The fourth-order valence-electron chi connectivity index (χ4n) is 4.99. The molecule has 1 fully saturated rings. The van der Waals surface area contributed by atoms with Crippen molar-refractivity contribution in [2.45, 2.75) is 50.3 Å². The van der Waals surface area contributed by atoms with Gasteiger partial charge in [0.25, 0.3) is 12.3 Å². The highest BCUT2D eigenvalue weighted by Crippen LogP contribution is 2.36. The number of alkyl halides is 2. The summed E-state index contributed by atoms with van der Waals surface area (Å²) in [7, 11) is 0. The number of aromatic nitrogens is 3. The fraction of sp³-hybridized carbons (Fsp3) is 0.571. The lowest BCUT2D eigenvalue weighted by atomic mass is 9.85. The van der Waals surface area contributed by atoms with Gasteiger partial charge in [-0.1, -0.05) is 24.3 Å². The average molecular weight is 417 g/mol. The molecule has 1 amide bonds. The summed E-state index contributed by atoms with van der Waals surface area (Å²) in [4.78, 5) is 19.1. The van der Waals surface area contributed by atoms with E-state index in [1.165, 1.54) is 16.6 Å². The zero-order chi connectivity index (χ0) is 20.7. The number of halogens is 2. The molecule has 160 valence electrons. The van der Waals surface area contributed by atoms with E-state index in [4.69, 9.17) is 4.74 Å². The van der Waals surface area contributed by atoms with E-state index >= 15 is 0 Å². The van der Waals surface area contributed by atoms with Crippen molar-refractivity contribution >= 4 is 11.9 Å². The molecule has 3 aliphatic rings. The van der Waals surface area contributed by atoms with Crippen LogP contribution in [0.15, 0.2) is 30.6 Å². The normalized spacial score (nSPS) is 26.8. The van der Waals surface area contributed by atoms with Gasteiger partial charge in [-0.2, -0.15) is 10.1 Å². The van der Waals surface area contributed by atoms with Crippen LogP contribution in [-0.4, -0.2) is 57.7 Å². The van der Waals surface area contributed by atoms with Gasteiger partial charge in [0.2, 0.25) is 5.95 Å². The first kappa shape index (κ1) is 19.4. The van der Waals surface area contributed by atoms with Gasteiger partial charge < -0.3 is 15.0 Å². The number of carbonyl (C=O) groups excluding carboxylic acids is 1. The molecule has 2 aromatic rings. The first-order chi connectivity index (χ1) is 14.6. The van der Waals surface area contributed by atoms with E-state index in [9.17, 15) is 13.6 Å². The van der Waals surface area contributed by atoms with Crippen molar-refractivity contribution in [1.29, 1.82) is 0 Å². The topological polar surface area (TPSA) is 72.3 Å². The van der Waals surface area contributed by atoms with Gasteiger partial charge in [-0.05, 0) is 42.7 Å². The van der Waals surface area contributed by atoms with E-state index in [-0.39, 0.29) is 17.9 Å². The first-order valence-corrected chi connectivity index (χ1v) is 10.5. The number of rotatable bonds is 3. The van der Waals surface area contributed by atoms with Crippen LogP contribution < -0.4 is 5.32 Å². The smallest absolute Gasteiger partial charge is 0.260 e. The minimum Gasteiger partial charge on any atom is -0.363 e. The molecule has 9 heteroatoms. The highest BCUT2D eigenvalue weighted by molar-refractivity contribution is 5.83. The van der Waals surface area contributed by atoms with Crippen LogP contribution in [0.1, 0.15) is 42.5 Å². The summed E-state index contributed by atoms with van der Waals surface area (Å²) in [5, 5.41) is 7.22. The SMILES string of the molecule is O=C(C1OCCc2ccccc21)N1CCC([C@@H]2C[C@H](C(F)F)n3ncnc3N2)CC1. The second-order valence-electron chi connectivity index (χ2n) is 8.28. The highest BCUT2D eigenvalue weighted by Gasteiger charge is 2.39. The van der Waals surface area contributed by atoms with E-state index in [0.717, 1.165) is 24.8 Å². The van der Waals surface area contributed by atoms with Crippen LogP contribution in [0, 0.1) is 5.92 Å². The number of hydrogen-bond donors (Lipinski definition) is 1. The zero-order valence-electron chi connectivity index (χ0n) is 16.6. The third kappa shape index (κ3) is 3.45. The molecule has 0 saturated carbocycles. The molecule has 0 radical (unpaired) electrons. The summed E-state index contributed by atoms with van der Waals surface area (Å²) < 4.78 is 34.2. The number of fused-ring (bicyclic) bond motifs is 2. The van der Waals surface area contributed by atoms with Gasteiger partial charge in [-0.25, -0.2) is 13.5 Å². The predicted molar refractivity (Wildman–Crippen MR) is 105 cm³/mol. The lowest BCUT2D eigenvalue weighted by Gasteiger charge is -2.41. The van der Waals surface area contributed by atoms with E-state index in [1.54, 1.807) is 0 Å². The minimum absolute atomic E-state index is 0.00223. The number of anilines is 1. The lowest BCUT2D eigenvalue weighted by molar-refractivity contribution is -0.146. The quantitative estimate of drug-likeness (QED) is 0.832. The minimum atomic E-state index is -2.49. The van der Waals surface area contributed by atoms with Crippen molar-refractivity contribution in [2.75, 3.05) is 25.0 Å². The molecule has 3 aliphatic heterocycles. The van der Waals surface area contributed by atoms with E-state index in [2.05, 4.69) is 21.5 Å². The summed E-state index contributed by atoms with van der Waals surface area (Å²) >= 11 is 0. The summed E-state index contributed by atoms with van der Waals surface area (Å²) in [5.41, 5.74) is 2.13. The summed E-state index contributed by atoms with van der Waals surface area (Å²) in [5.74, 6) is 0.616. The van der Waals surface area contributed by atoms with Crippen LogP contribution in [0.25, 0.3) is 0 Å². The Labute approximate surface area is 173 Å². The van der Waals surface area contributed by atoms with Gasteiger partial charge >= 0.3 is 0 Å². The van der Waals surface area contributed by atoms with Crippen molar-refractivity contribution in [1.82, 2.24) is 19.7 Å². The molecule has 1 unspecified atom stereocenters. The molecule has 1 aromatic carbocycles. The number of hydrogen-bond acceptors (Lipinski definition) is 5. The number of carbonyl (C=O) groups is 1. The lowest BCUT2D eigenvalue weighted by Crippen LogP contribution is -2.47. The van der Waals surface area contributed by atoms with Gasteiger partial charge in [0.05, 0.1) is 6.61 Å². The monoisotopic (exact) mass is 417 g/mol. The Morgan fingerprint density at radius 1 is 1.23 bits per heavy atom. The van der Waals surface area contributed by atoms with Gasteiger partial charge in [0, 0.05) is 19.1 Å². The Morgan fingerprint density at radius 3 is 2.83 bits per heavy atom. The number of likely N-dealkylation sites (tertiary alicyclic amines) is 1. The molecule has 0 spiro atoms. The molecule has 1 N–H and O–H groups in total. The average Bonchev–Trinajstić information content (AvgIpc) is 3.26. The van der Waals surface area contributed by atoms with Gasteiger partial charge in [0.15, 0.2) is 6.10 Å². The summed E-state index contributed by atoms with van der Waals surface area (Å²) in [6.45, 7) is 1.76. The molecule has 1 aromatic heterocycles. The number of amides is 1. The molecular weight excluding hydrogens is 392 g/mol. The highest BCUT2D eigenvalue weighted by atomic mass is 19.3. The number of piperidine rings is 1. The van der Waals surface area contributed by atoms with Crippen molar-refractivity contribution in [2.24, 2.45) is 5.92 Å². The maximum absolute atomic E-state index is 13.5. The third-order valence-electron chi connectivity index (χ3n) is 6.63. The van der Waals surface area contributed by atoms with Crippen LogP contribution in [0.5, 0.6) is 0 Å². The largest absolute Gasteiger partial charge is 0.363 e. The molecule has 1 saturated heterocycles. The third-order valence-corrected chi connectivity index (χ3v) is 6.63. The Balaban J connectivity index is 1.24. The predicted octanol–water partition coefficient (Wildman–Crippen LogP) is 2.82. The molecule has 5 rings (SSSR count). The first-order valence-electron chi connectivity index (χ1n) is 10.5. The Kier molecular flexibility index (Phi) is 5.14. The molecule has 4 heterocycles.